The van der Waals surface area contributed by atoms with Gasteiger partial charge in [-0.25, -0.2) is 0 Å². The first-order valence-electron chi connectivity index (χ1n) is 24.5. The summed E-state index contributed by atoms with van der Waals surface area (Å²) in [5.74, 6) is 0.635. The summed E-state index contributed by atoms with van der Waals surface area (Å²) < 4.78 is 12.5. The van der Waals surface area contributed by atoms with Crippen LogP contribution in [0.15, 0.2) is 0 Å². The molecule has 326 valence electrons. The van der Waals surface area contributed by atoms with Crippen LogP contribution in [-0.4, -0.2) is 61.4 Å². The fraction of sp³-hybridized carbons (Fsp3) is 0.959. The van der Waals surface area contributed by atoms with E-state index in [1.54, 1.807) is 0 Å². The molecule has 0 aromatic carbocycles. The second kappa shape index (κ2) is 37.2. The number of aliphatic hydroxyl groups excluding tert-OH is 1. The molecule has 55 heavy (non-hydrogen) atoms. The van der Waals surface area contributed by atoms with Gasteiger partial charge in [-0.05, 0) is 83.2 Å². The van der Waals surface area contributed by atoms with Gasteiger partial charge in [-0.15, -0.1) is 0 Å². The quantitative estimate of drug-likeness (QED) is 0.0495. The smallest absolute Gasteiger partial charge is 0.308 e. The Kier molecular flexibility index (Phi) is 35.0. The van der Waals surface area contributed by atoms with Crippen LogP contribution in [0, 0.1) is 23.7 Å². The Labute approximate surface area is 342 Å². The molecule has 1 N–H and O–H groups in total. The van der Waals surface area contributed by atoms with Crippen molar-refractivity contribution in [2.75, 3.05) is 33.4 Å². The molecule has 0 bridgehead atoms. The van der Waals surface area contributed by atoms with Crippen LogP contribution >= 0.6 is 0 Å². The lowest BCUT2D eigenvalue weighted by Gasteiger charge is -2.39. The number of esters is 2. The molecule has 1 unspecified atom stereocenters. The summed E-state index contributed by atoms with van der Waals surface area (Å²) in [6.07, 6.45) is 38.5. The van der Waals surface area contributed by atoms with Crippen molar-refractivity contribution in [1.82, 2.24) is 4.90 Å². The van der Waals surface area contributed by atoms with Crippen molar-refractivity contribution in [3.05, 3.63) is 0 Å². The van der Waals surface area contributed by atoms with Crippen molar-refractivity contribution in [3.63, 3.8) is 0 Å². The van der Waals surface area contributed by atoms with Crippen molar-refractivity contribution in [1.29, 1.82) is 0 Å². The molecule has 0 saturated heterocycles. The van der Waals surface area contributed by atoms with Gasteiger partial charge < -0.3 is 19.5 Å². The Morgan fingerprint density at radius 1 is 0.491 bits per heavy atom. The van der Waals surface area contributed by atoms with E-state index in [9.17, 15) is 14.7 Å². The highest BCUT2D eigenvalue weighted by Gasteiger charge is 2.33. The Morgan fingerprint density at radius 2 is 0.818 bits per heavy atom. The Balaban J connectivity index is 2.87. The van der Waals surface area contributed by atoms with E-state index in [2.05, 4.69) is 39.6 Å². The monoisotopic (exact) mass is 778 g/mol. The lowest BCUT2D eigenvalue weighted by molar-refractivity contribution is -0.152. The number of nitrogens with zero attached hydrogens (tertiary/aromatic N) is 1. The summed E-state index contributed by atoms with van der Waals surface area (Å²) in [5.41, 5.74) is 0. The van der Waals surface area contributed by atoms with Crippen molar-refractivity contribution in [2.45, 2.75) is 246 Å². The SMILES string of the molecule is CCCCCCCCC(CCCCCCCC)C(=O)OC[C@@H]1CC(N(C)CCCCO)C[C@H](COC(=O)C(CCCCCCCC)CCCCCCCC)C1. The van der Waals surface area contributed by atoms with E-state index in [1.807, 2.05) is 0 Å². The summed E-state index contributed by atoms with van der Waals surface area (Å²) in [4.78, 5) is 29.8. The third kappa shape index (κ3) is 28.0. The van der Waals surface area contributed by atoms with E-state index in [-0.39, 0.29) is 42.2 Å². The Morgan fingerprint density at radius 3 is 1.15 bits per heavy atom. The Hall–Kier alpha value is -1.14. The molecular weight excluding hydrogens is 683 g/mol. The van der Waals surface area contributed by atoms with Gasteiger partial charge in [-0.1, -0.05) is 182 Å². The largest absolute Gasteiger partial charge is 0.465 e. The van der Waals surface area contributed by atoms with Gasteiger partial charge in [-0.2, -0.15) is 0 Å². The molecule has 0 amide bonds. The first kappa shape index (κ1) is 51.9. The molecule has 3 atom stereocenters. The van der Waals surface area contributed by atoms with E-state index in [0.29, 0.717) is 19.3 Å². The zero-order valence-electron chi connectivity index (χ0n) is 37.6. The van der Waals surface area contributed by atoms with Crippen LogP contribution in [0.2, 0.25) is 0 Å². The van der Waals surface area contributed by atoms with E-state index < -0.39 is 0 Å². The summed E-state index contributed by atoms with van der Waals surface area (Å²) in [5, 5.41) is 9.40. The minimum absolute atomic E-state index is 0.0184. The normalized spacial score (nSPS) is 17.4. The first-order valence-corrected chi connectivity index (χ1v) is 24.5. The van der Waals surface area contributed by atoms with E-state index in [1.165, 1.54) is 128 Å². The van der Waals surface area contributed by atoms with Crippen LogP contribution in [0.25, 0.3) is 0 Å². The number of carbonyl (C=O) groups is 2. The van der Waals surface area contributed by atoms with Crippen LogP contribution in [0.5, 0.6) is 0 Å². The van der Waals surface area contributed by atoms with Crippen LogP contribution in [0.4, 0.5) is 0 Å². The number of ether oxygens (including phenoxy) is 2. The summed E-state index contributed by atoms with van der Waals surface area (Å²) in [7, 11) is 2.20. The molecule has 0 aromatic heterocycles. The van der Waals surface area contributed by atoms with E-state index in [0.717, 1.165) is 90.0 Å². The minimum Gasteiger partial charge on any atom is -0.465 e. The topological polar surface area (TPSA) is 76.1 Å². The molecule has 1 fully saturated rings. The molecule has 0 aliphatic heterocycles. The highest BCUT2D eigenvalue weighted by molar-refractivity contribution is 5.72. The number of rotatable bonds is 39. The molecule has 0 radical (unpaired) electrons. The fourth-order valence-corrected chi connectivity index (χ4v) is 8.90. The molecule has 6 heteroatoms. The average Bonchev–Trinajstić information content (AvgIpc) is 3.19. The number of carbonyl (C=O) groups excluding carboxylic acids is 2. The summed E-state index contributed by atoms with van der Waals surface area (Å²) >= 11 is 0. The standard InChI is InChI=1S/C49H95NO5/c1-6-10-14-18-22-26-32-45(33-27-23-19-15-11-7-2)48(52)54-41-43-38-44(40-47(39-43)50(5)36-30-31-37-51)42-55-49(53)46(34-28-24-20-16-12-8-3)35-29-25-21-17-13-9-4/h43-47,51H,6-42H2,1-5H3/t43-,44+,47?. The summed E-state index contributed by atoms with van der Waals surface area (Å²) in [6, 6.07) is 0.365. The van der Waals surface area contributed by atoms with Gasteiger partial charge in [0.1, 0.15) is 0 Å². The highest BCUT2D eigenvalue weighted by atomic mass is 16.5. The van der Waals surface area contributed by atoms with Crippen molar-refractivity contribution in [3.8, 4) is 0 Å². The number of unbranched alkanes of at least 4 members (excludes halogenated alkanes) is 21. The molecule has 0 heterocycles. The maximum absolute atomic E-state index is 13.7. The van der Waals surface area contributed by atoms with Gasteiger partial charge in [0.2, 0.25) is 0 Å². The predicted octanol–water partition coefficient (Wildman–Crippen LogP) is 13.8. The molecular formula is C49H95NO5. The highest BCUT2D eigenvalue weighted by Crippen LogP contribution is 2.34. The minimum atomic E-state index is 0.0184. The van der Waals surface area contributed by atoms with Crippen LogP contribution < -0.4 is 0 Å². The maximum atomic E-state index is 13.7. The number of hydrogen-bond donors (Lipinski definition) is 1. The first-order chi connectivity index (χ1) is 26.9. The molecule has 0 aromatic rings. The number of hydrogen-bond acceptors (Lipinski definition) is 6. The third-order valence-electron chi connectivity index (χ3n) is 12.6. The number of aliphatic hydroxyl groups is 1. The van der Waals surface area contributed by atoms with Crippen LogP contribution in [0.3, 0.4) is 0 Å². The van der Waals surface area contributed by atoms with Crippen molar-refractivity contribution >= 4 is 11.9 Å². The van der Waals surface area contributed by atoms with E-state index in [4.69, 9.17) is 9.47 Å². The lowest BCUT2D eigenvalue weighted by atomic mass is 9.78. The second-order valence-electron chi connectivity index (χ2n) is 17.9. The summed E-state index contributed by atoms with van der Waals surface area (Å²) in [6.45, 7) is 11.2. The zero-order chi connectivity index (χ0) is 40.2. The van der Waals surface area contributed by atoms with Gasteiger partial charge >= 0.3 is 11.9 Å². The van der Waals surface area contributed by atoms with Gasteiger partial charge in [0, 0.05) is 12.6 Å². The molecule has 6 nitrogen and oxygen atoms in total. The molecule has 1 aliphatic carbocycles. The van der Waals surface area contributed by atoms with Gasteiger partial charge in [0.05, 0.1) is 25.0 Å². The second-order valence-corrected chi connectivity index (χ2v) is 17.9. The molecule has 1 aliphatic rings. The molecule has 0 spiro atoms. The molecule has 1 rings (SSSR count). The Bertz CT molecular complexity index is 774. The third-order valence-corrected chi connectivity index (χ3v) is 12.6. The maximum Gasteiger partial charge on any atom is 0.308 e. The van der Waals surface area contributed by atoms with Gasteiger partial charge in [-0.3, -0.25) is 9.59 Å². The van der Waals surface area contributed by atoms with Crippen molar-refractivity contribution in [2.24, 2.45) is 23.7 Å². The lowest BCUT2D eigenvalue weighted by Crippen LogP contribution is -2.42. The molecule has 1 saturated carbocycles. The van der Waals surface area contributed by atoms with Crippen LogP contribution in [0.1, 0.15) is 240 Å². The van der Waals surface area contributed by atoms with Crippen molar-refractivity contribution < 1.29 is 24.2 Å². The predicted molar refractivity (Wildman–Crippen MR) is 234 cm³/mol. The van der Waals surface area contributed by atoms with E-state index >= 15 is 0 Å². The van der Waals surface area contributed by atoms with Gasteiger partial charge in [0.15, 0.2) is 0 Å². The zero-order valence-corrected chi connectivity index (χ0v) is 37.6. The fourth-order valence-electron chi connectivity index (χ4n) is 8.90. The van der Waals surface area contributed by atoms with Gasteiger partial charge in [0.25, 0.3) is 0 Å². The average molecular weight is 778 g/mol. The van der Waals surface area contributed by atoms with Crippen LogP contribution in [-0.2, 0) is 19.1 Å².